The minimum atomic E-state index is -0.720. The van der Waals surface area contributed by atoms with Crippen molar-refractivity contribution in [2.75, 3.05) is 18.0 Å². The van der Waals surface area contributed by atoms with Crippen LogP contribution in [0.25, 0.3) is 0 Å². The monoisotopic (exact) mass is 330 g/mol. The summed E-state index contributed by atoms with van der Waals surface area (Å²) in [5.41, 5.74) is -0.450. The topological polar surface area (TPSA) is 6.25 Å². The second-order valence-corrected chi connectivity index (χ2v) is 4.64. The van der Waals surface area contributed by atoms with Crippen LogP contribution in [0, 0.1) is 23.3 Å². The Morgan fingerprint density at radius 2 is 1.32 bits per heavy atom. The number of anilines is 1. The zero-order valence-corrected chi connectivity index (χ0v) is 12.0. The van der Waals surface area contributed by atoms with Crippen LogP contribution in [0.1, 0.15) is 0 Å². The molecule has 0 amide bonds. The van der Waals surface area contributed by atoms with E-state index in [1.807, 2.05) is 0 Å². The number of nitrogens with zero attached hydrogens (tertiary/aromatic N) is 2. The molecule has 0 radical (unpaired) electrons. The average molecular weight is 331 g/mol. The van der Waals surface area contributed by atoms with E-state index in [2.05, 4.69) is 0 Å². The molecule has 3 rings (SSSR count). The average Bonchev–Trinajstić information content (AvgIpc) is 2.87. The Labute approximate surface area is 130 Å². The van der Waals surface area contributed by atoms with Gasteiger partial charge in [-0.2, -0.15) is 0 Å². The molecule has 0 N–H and O–H groups in total. The van der Waals surface area contributed by atoms with Gasteiger partial charge in [-0.15, -0.1) is 0 Å². The summed E-state index contributed by atoms with van der Waals surface area (Å²) in [6.07, 6.45) is 1.31. The standard InChI is InChI=1S/C15H11F4N2.ClH/c16-10-3-1-4-11(17)14(10)20-7-8-21(9-20)15-12(18)5-2-6-13(15)19;/h1-6,9H,7-8H2;1H/q+1;/p-1. The first-order chi connectivity index (χ1) is 10.1. The van der Waals surface area contributed by atoms with Gasteiger partial charge in [-0.25, -0.2) is 27.0 Å². The summed E-state index contributed by atoms with van der Waals surface area (Å²) in [6, 6.07) is 7.07. The van der Waals surface area contributed by atoms with Gasteiger partial charge in [0.1, 0.15) is 13.1 Å². The summed E-state index contributed by atoms with van der Waals surface area (Å²) in [6.45, 7) is 0.456. The third-order valence-corrected chi connectivity index (χ3v) is 3.31. The van der Waals surface area contributed by atoms with Crippen LogP contribution in [0.2, 0.25) is 0 Å². The molecule has 116 valence electrons. The van der Waals surface area contributed by atoms with E-state index in [1.165, 1.54) is 27.9 Å². The number of halogens is 5. The van der Waals surface area contributed by atoms with Crippen LogP contribution in [0.4, 0.5) is 28.9 Å². The van der Waals surface area contributed by atoms with Gasteiger partial charge in [-0.3, -0.25) is 0 Å². The Morgan fingerprint density at radius 3 is 1.86 bits per heavy atom. The molecule has 7 heteroatoms. The first kappa shape index (κ1) is 16.3. The van der Waals surface area contributed by atoms with Gasteiger partial charge in [0, 0.05) is 0 Å². The maximum absolute atomic E-state index is 13.7. The molecular weight excluding hydrogens is 320 g/mol. The number of para-hydroxylation sites is 2. The first-order valence-corrected chi connectivity index (χ1v) is 6.34. The van der Waals surface area contributed by atoms with Crippen LogP contribution in [0.15, 0.2) is 36.4 Å². The summed E-state index contributed by atoms with van der Waals surface area (Å²) in [5, 5.41) is 0. The van der Waals surface area contributed by atoms with Crippen LogP contribution < -0.4 is 17.3 Å². The second-order valence-electron chi connectivity index (χ2n) is 4.64. The Morgan fingerprint density at radius 1 is 0.818 bits per heavy atom. The number of hydrogen-bond acceptors (Lipinski definition) is 1. The summed E-state index contributed by atoms with van der Waals surface area (Å²) >= 11 is 0. The lowest BCUT2D eigenvalue weighted by atomic mass is 10.2. The molecule has 0 saturated heterocycles. The van der Waals surface area contributed by atoms with Crippen molar-refractivity contribution in [1.82, 2.24) is 0 Å². The lowest BCUT2D eigenvalue weighted by Crippen LogP contribution is -3.00. The Bertz CT molecular complexity index is 693. The highest BCUT2D eigenvalue weighted by atomic mass is 35.5. The van der Waals surface area contributed by atoms with Crippen molar-refractivity contribution >= 4 is 17.7 Å². The molecule has 1 aliphatic heterocycles. The fraction of sp³-hybridized carbons (Fsp3) is 0.133. The van der Waals surface area contributed by atoms with Crippen LogP contribution in [-0.2, 0) is 0 Å². The zero-order chi connectivity index (χ0) is 15.0. The third-order valence-electron chi connectivity index (χ3n) is 3.31. The largest absolute Gasteiger partial charge is 1.00 e. The van der Waals surface area contributed by atoms with E-state index in [0.29, 0.717) is 0 Å². The highest BCUT2D eigenvalue weighted by Gasteiger charge is 2.30. The molecule has 1 heterocycles. The molecule has 0 aliphatic carbocycles. The van der Waals surface area contributed by atoms with E-state index >= 15 is 0 Å². The maximum Gasteiger partial charge on any atom is 0.245 e. The maximum atomic E-state index is 13.7. The van der Waals surface area contributed by atoms with Crippen molar-refractivity contribution in [2.24, 2.45) is 0 Å². The minimum absolute atomic E-state index is 0. The third kappa shape index (κ3) is 2.78. The molecule has 1 aliphatic rings. The SMILES string of the molecule is Fc1cccc(F)c1N1C=[N+](c2c(F)cccc2F)CC1.[Cl-]. The summed E-state index contributed by atoms with van der Waals surface area (Å²) in [5.74, 6) is -2.88. The Balaban J connectivity index is 0.00000176. The van der Waals surface area contributed by atoms with Crippen molar-refractivity contribution < 1.29 is 34.5 Å². The lowest BCUT2D eigenvalue weighted by molar-refractivity contribution is -0.428. The molecule has 0 unspecified atom stereocenters. The molecule has 2 aromatic rings. The summed E-state index contributed by atoms with van der Waals surface area (Å²) < 4.78 is 56.2. The fourth-order valence-corrected chi connectivity index (χ4v) is 2.37. The predicted molar refractivity (Wildman–Crippen MR) is 70.9 cm³/mol. The van der Waals surface area contributed by atoms with Crippen LogP contribution >= 0.6 is 0 Å². The van der Waals surface area contributed by atoms with Crippen LogP contribution in [0.5, 0.6) is 0 Å². The Kier molecular flexibility index (Phi) is 4.71. The van der Waals surface area contributed by atoms with Gasteiger partial charge < -0.3 is 12.4 Å². The van der Waals surface area contributed by atoms with Gasteiger partial charge in [-0.05, 0) is 24.3 Å². The number of rotatable bonds is 2. The second kappa shape index (κ2) is 6.36. The van der Waals surface area contributed by atoms with Gasteiger partial charge in [0.15, 0.2) is 34.6 Å². The van der Waals surface area contributed by atoms with E-state index in [9.17, 15) is 17.6 Å². The molecule has 0 aromatic heterocycles. The van der Waals surface area contributed by atoms with E-state index in [-0.39, 0.29) is 36.9 Å². The highest BCUT2D eigenvalue weighted by Crippen LogP contribution is 2.27. The lowest BCUT2D eigenvalue weighted by Gasteiger charge is -2.07. The smallest absolute Gasteiger partial charge is 0.245 e. The van der Waals surface area contributed by atoms with Gasteiger partial charge in [-0.1, -0.05) is 12.1 Å². The summed E-state index contributed by atoms with van der Waals surface area (Å²) in [7, 11) is 0. The van der Waals surface area contributed by atoms with Crippen molar-refractivity contribution in [2.45, 2.75) is 0 Å². The molecule has 2 nitrogen and oxygen atoms in total. The molecule has 0 spiro atoms. The molecule has 2 aromatic carbocycles. The molecule has 0 atom stereocenters. The Hall–Kier alpha value is -2.08. The number of hydrogen-bond donors (Lipinski definition) is 0. The molecule has 0 saturated carbocycles. The first-order valence-electron chi connectivity index (χ1n) is 6.34. The van der Waals surface area contributed by atoms with E-state index < -0.39 is 23.3 Å². The zero-order valence-electron chi connectivity index (χ0n) is 11.2. The molecule has 0 fully saturated rings. The van der Waals surface area contributed by atoms with E-state index in [0.717, 1.165) is 24.3 Å². The predicted octanol–water partition coefficient (Wildman–Crippen LogP) is 0.440. The molecule has 0 bridgehead atoms. The quantitative estimate of drug-likeness (QED) is 0.572. The molecule has 22 heavy (non-hydrogen) atoms. The fourth-order valence-electron chi connectivity index (χ4n) is 2.37. The van der Waals surface area contributed by atoms with E-state index in [4.69, 9.17) is 0 Å². The van der Waals surface area contributed by atoms with Crippen LogP contribution in [0.3, 0.4) is 0 Å². The van der Waals surface area contributed by atoms with E-state index in [1.54, 1.807) is 0 Å². The molecular formula is C15H11ClF4N2. The van der Waals surface area contributed by atoms with Crippen molar-refractivity contribution in [3.05, 3.63) is 59.7 Å². The summed E-state index contributed by atoms with van der Waals surface area (Å²) in [4.78, 5) is 1.30. The van der Waals surface area contributed by atoms with Crippen LogP contribution in [-0.4, -0.2) is 24.0 Å². The normalized spacial score (nSPS) is 13.8. The van der Waals surface area contributed by atoms with Gasteiger partial charge in [0.25, 0.3) is 0 Å². The van der Waals surface area contributed by atoms with Gasteiger partial charge in [0.05, 0.1) is 0 Å². The van der Waals surface area contributed by atoms with Crippen molar-refractivity contribution in [1.29, 1.82) is 0 Å². The van der Waals surface area contributed by atoms with Crippen molar-refractivity contribution in [3.8, 4) is 0 Å². The van der Waals surface area contributed by atoms with Gasteiger partial charge >= 0.3 is 0 Å². The minimum Gasteiger partial charge on any atom is -1.00 e. The highest BCUT2D eigenvalue weighted by molar-refractivity contribution is 5.78. The van der Waals surface area contributed by atoms with Gasteiger partial charge in [0.2, 0.25) is 6.34 Å². The number of benzene rings is 2. The van der Waals surface area contributed by atoms with Crippen molar-refractivity contribution in [3.63, 3.8) is 0 Å².